The second kappa shape index (κ2) is 6.07. The van der Waals surface area contributed by atoms with Crippen LogP contribution in [0.25, 0.3) is 0 Å². The van der Waals surface area contributed by atoms with Crippen molar-refractivity contribution < 1.29 is 5.48 Å². The third-order valence-electron chi connectivity index (χ3n) is 1.76. The van der Waals surface area contributed by atoms with Gasteiger partial charge in [0, 0.05) is 0 Å². The van der Waals surface area contributed by atoms with Gasteiger partial charge in [-0.15, -0.1) is 0 Å². The molecule has 0 spiro atoms. The van der Waals surface area contributed by atoms with E-state index in [1.807, 2.05) is 0 Å². The van der Waals surface area contributed by atoms with Crippen LogP contribution in [-0.4, -0.2) is 61.8 Å². The lowest BCUT2D eigenvalue weighted by Gasteiger charge is -2.40. The first-order valence-corrected chi connectivity index (χ1v) is 5.86. The van der Waals surface area contributed by atoms with Crippen molar-refractivity contribution in [3.63, 3.8) is 0 Å². The summed E-state index contributed by atoms with van der Waals surface area (Å²) in [7, 11) is 13.2. The van der Waals surface area contributed by atoms with E-state index < -0.39 is 7.51 Å². The molecule has 13 heavy (non-hydrogen) atoms. The number of rotatable bonds is 3. The highest BCUT2D eigenvalue weighted by Gasteiger charge is 2.26. The van der Waals surface area contributed by atoms with Gasteiger partial charge in [0.1, 0.15) is 0 Å². The zero-order chi connectivity index (χ0) is 9.94. The van der Waals surface area contributed by atoms with Crippen LogP contribution >= 0.6 is 16.9 Å². The van der Waals surface area contributed by atoms with E-state index in [9.17, 15) is 0 Å². The van der Waals surface area contributed by atoms with Crippen LogP contribution in [0.1, 0.15) is 0 Å². The first-order valence-electron chi connectivity index (χ1n) is 3.74. The summed E-state index contributed by atoms with van der Waals surface area (Å²) in [5.41, 5.74) is 0. The summed E-state index contributed by atoms with van der Waals surface area (Å²) in [6.45, 7) is 0. The molecular weight excluding hydrogens is 206 g/mol. The molecule has 5 nitrogen and oxygen atoms in total. The van der Waals surface area contributed by atoms with Gasteiger partial charge >= 0.3 is 0 Å². The van der Waals surface area contributed by atoms with Crippen molar-refractivity contribution >= 4 is 16.9 Å². The van der Waals surface area contributed by atoms with Crippen molar-refractivity contribution in [2.45, 2.75) is 0 Å². The SMILES string of the molecule is CN(C)P(=NP)(N(C)C)N(C)C.O. The summed E-state index contributed by atoms with van der Waals surface area (Å²) in [4.78, 5) is 0. The summed E-state index contributed by atoms with van der Waals surface area (Å²) in [5.74, 6) is 0. The van der Waals surface area contributed by atoms with E-state index in [0.717, 1.165) is 0 Å². The number of nitrogens with zero attached hydrogens (tertiary/aromatic N) is 4. The second-order valence-corrected chi connectivity index (χ2v) is 7.59. The minimum Gasteiger partial charge on any atom is -0.412 e. The summed E-state index contributed by atoms with van der Waals surface area (Å²) in [6, 6.07) is 0. The Morgan fingerprint density at radius 3 is 1.08 bits per heavy atom. The van der Waals surface area contributed by atoms with E-state index in [4.69, 9.17) is 0 Å². The number of hydrogen-bond acceptors (Lipinski definition) is 1. The molecule has 0 saturated heterocycles. The van der Waals surface area contributed by atoms with E-state index >= 15 is 0 Å². The molecule has 1 atom stereocenters. The fourth-order valence-electron chi connectivity index (χ4n) is 1.38. The quantitative estimate of drug-likeness (QED) is 0.664. The largest absolute Gasteiger partial charge is 0.412 e. The van der Waals surface area contributed by atoms with Gasteiger partial charge in [-0.25, -0.2) is 4.52 Å². The molecular formula is C6H22N4OP2. The monoisotopic (exact) mass is 228 g/mol. The third-order valence-corrected chi connectivity index (χ3v) is 6.22. The molecule has 0 aromatic rings. The van der Waals surface area contributed by atoms with Crippen molar-refractivity contribution in [1.29, 1.82) is 0 Å². The van der Waals surface area contributed by atoms with Gasteiger partial charge in [0.2, 0.25) is 0 Å². The lowest BCUT2D eigenvalue weighted by Crippen LogP contribution is -2.30. The molecule has 0 aliphatic heterocycles. The molecule has 0 fully saturated rings. The predicted molar refractivity (Wildman–Crippen MR) is 63.7 cm³/mol. The summed E-state index contributed by atoms with van der Waals surface area (Å²) < 4.78 is 10.9. The Hall–Kier alpha value is 0.500. The zero-order valence-corrected chi connectivity index (χ0v) is 11.4. The van der Waals surface area contributed by atoms with E-state index in [1.54, 1.807) is 0 Å². The van der Waals surface area contributed by atoms with Gasteiger partial charge in [0.05, 0.1) is 0 Å². The normalized spacial score (nSPS) is 12.2. The predicted octanol–water partition coefficient (Wildman–Crippen LogP) is 0.583. The maximum Gasteiger partial charge on any atom is 0.169 e. The van der Waals surface area contributed by atoms with E-state index in [1.165, 1.54) is 0 Å². The van der Waals surface area contributed by atoms with Crippen molar-refractivity contribution in [2.24, 2.45) is 4.52 Å². The Morgan fingerprint density at radius 1 is 0.846 bits per heavy atom. The second-order valence-electron chi connectivity index (χ2n) is 3.19. The highest BCUT2D eigenvalue weighted by Crippen LogP contribution is 2.55. The maximum atomic E-state index is 4.42. The Kier molecular flexibility index (Phi) is 7.45. The summed E-state index contributed by atoms with van der Waals surface area (Å²) >= 11 is 0. The molecule has 0 aliphatic rings. The average Bonchev–Trinajstić information content (AvgIpc) is 1.86. The Labute approximate surface area is 83.9 Å². The molecule has 0 aromatic heterocycles. The van der Waals surface area contributed by atoms with Crippen LogP contribution in [0.2, 0.25) is 0 Å². The molecule has 2 N–H and O–H groups in total. The van der Waals surface area contributed by atoms with Crippen LogP contribution < -0.4 is 0 Å². The first-order chi connectivity index (χ1) is 5.39. The van der Waals surface area contributed by atoms with E-state index in [0.29, 0.717) is 0 Å². The van der Waals surface area contributed by atoms with Gasteiger partial charge in [-0.2, -0.15) is 0 Å². The van der Waals surface area contributed by atoms with Crippen LogP contribution in [0, 0.1) is 0 Å². The van der Waals surface area contributed by atoms with Crippen LogP contribution in [0.5, 0.6) is 0 Å². The smallest absolute Gasteiger partial charge is 0.169 e. The molecule has 0 aromatic carbocycles. The Balaban J connectivity index is 0. The Bertz CT molecular complexity index is 165. The van der Waals surface area contributed by atoms with Gasteiger partial charge in [0.25, 0.3) is 0 Å². The number of hydrogen-bond donors (Lipinski definition) is 0. The van der Waals surface area contributed by atoms with E-state index in [2.05, 4.69) is 70.2 Å². The van der Waals surface area contributed by atoms with Gasteiger partial charge < -0.3 is 5.48 Å². The highest BCUT2D eigenvalue weighted by molar-refractivity contribution is 7.61. The molecule has 0 saturated carbocycles. The molecule has 0 aliphatic carbocycles. The first kappa shape index (κ1) is 15.9. The molecule has 0 rings (SSSR count). The maximum absolute atomic E-state index is 4.42. The topological polar surface area (TPSA) is 53.6 Å². The molecule has 0 bridgehead atoms. The van der Waals surface area contributed by atoms with Crippen LogP contribution in [-0.2, 0) is 0 Å². The molecule has 7 heteroatoms. The lowest BCUT2D eigenvalue weighted by atomic mass is 11.2. The minimum atomic E-state index is -1.60. The van der Waals surface area contributed by atoms with E-state index in [-0.39, 0.29) is 5.48 Å². The van der Waals surface area contributed by atoms with Crippen molar-refractivity contribution in [2.75, 3.05) is 42.3 Å². The average molecular weight is 228 g/mol. The van der Waals surface area contributed by atoms with Crippen molar-refractivity contribution in [3.8, 4) is 0 Å². The summed E-state index contributed by atoms with van der Waals surface area (Å²) in [6.07, 6.45) is 0. The van der Waals surface area contributed by atoms with Gasteiger partial charge in [-0.3, -0.25) is 14.0 Å². The van der Waals surface area contributed by atoms with Gasteiger partial charge in [-0.05, 0) is 51.7 Å². The lowest BCUT2D eigenvalue weighted by molar-refractivity contribution is 0.476. The fraction of sp³-hybridized carbons (Fsp3) is 1.00. The zero-order valence-electron chi connectivity index (χ0n) is 9.31. The minimum absolute atomic E-state index is 0. The van der Waals surface area contributed by atoms with Crippen LogP contribution in [0.15, 0.2) is 4.52 Å². The molecule has 82 valence electrons. The van der Waals surface area contributed by atoms with Crippen LogP contribution in [0.3, 0.4) is 0 Å². The molecule has 0 radical (unpaired) electrons. The highest BCUT2D eigenvalue weighted by atomic mass is 31.2. The molecule has 1 unspecified atom stereocenters. The molecule has 0 amide bonds. The Morgan fingerprint density at radius 2 is 1.08 bits per heavy atom. The van der Waals surface area contributed by atoms with Crippen molar-refractivity contribution in [1.82, 2.24) is 14.0 Å². The fourth-order valence-corrected chi connectivity index (χ4v) is 6.01. The van der Waals surface area contributed by atoms with Crippen molar-refractivity contribution in [3.05, 3.63) is 0 Å². The van der Waals surface area contributed by atoms with Crippen LogP contribution in [0.4, 0.5) is 0 Å². The summed E-state index contributed by atoms with van der Waals surface area (Å²) in [5, 5.41) is 0. The van der Waals surface area contributed by atoms with Gasteiger partial charge in [0.15, 0.2) is 7.51 Å². The standard InChI is InChI=1S/C6H20N4P2.H2O/c1-8(2)12(7-11,9(3)4)10(5)6;/h11H2,1-6H3;1H2. The van der Waals surface area contributed by atoms with Gasteiger partial charge in [-0.1, -0.05) is 0 Å². The molecule has 0 heterocycles. The third kappa shape index (κ3) is 2.98.